The van der Waals surface area contributed by atoms with E-state index in [1.807, 2.05) is 18.2 Å². The van der Waals surface area contributed by atoms with Gasteiger partial charge in [-0.05, 0) is 34.1 Å². The normalized spacial score (nSPS) is 13.9. The average molecular weight is 337 g/mol. The van der Waals surface area contributed by atoms with Crippen LogP contribution in [0.1, 0.15) is 10.4 Å². The highest BCUT2D eigenvalue weighted by molar-refractivity contribution is 9.11. The molecule has 0 spiro atoms. The van der Waals surface area contributed by atoms with Gasteiger partial charge in [0.15, 0.2) is 0 Å². The molecule has 0 aliphatic carbocycles. The number of para-hydroxylation sites is 2. The molecule has 0 fully saturated rings. The molecule has 19 heavy (non-hydrogen) atoms. The van der Waals surface area contributed by atoms with Crippen molar-refractivity contribution in [3.63, 3.8) is 0 Å². The molecule has 4 nitrogen and oxygen atoms in total. The van der Waals surface area contributed by atoms with Gasteiger partial charge < -0.3 is 5.32 Å². The minimum Gasteiger partial charge on any atom is -0.323 e. The van der Waals surface area contributed by atoms with E-state index in [1.54, 1.807) is 17.5 Å². The maximum absolute atomic E-state index is 12.5. The van der Waals surface area contributed by atoms with Gasteiger partial charge in [0, 0.05) is 5.38 Å². The van der Waals surface area contributed by atoms with Crippen molar-refractivity contribution >= 4 is 50.5 Å². The Kier molecular flexibility index (Phi) is 3.12. The molecule has 6 heteroatoms. The first-order valence-corrected chi connectivity index (χ1v) is 7.27. The summed E-state index contributed by atoms with van der Waals surface area (Å²) >= 11 is 4.78. The topological polar surface area (TPSA) is 49.4 Å². The molecule has 96 valence electrons. The van der Waals surface area contributed by atoms with Crippen molar-refractivity contribution in [2.75, 3.05) is 16.8 Å². The fourth-order valence-electron chi connectivity index (χ4n) is 1.99. The molecule has 0 radical (unpaired) electrons. The van der Waals surface area contributed by atoms with Gasteiger partial charge >= 0.3 is 0 Å². The molecule has 0 bridgehead atoms. The largest absolute Gasteiger partial charge is 0.323 e. The van der Waals surface area contributed by atoms with E-state index in [0.29, 0.717) is 11.3 Å². The van der Waals surface area contributed by atoms with Crippen molar-refractivity contribution in [2.24, 2.45) is 0 Å². The molecule has 2 heterocycles. The summed E-state index contributed by atoms with van der Waals surface area (Å²) in [4.78, 5) is 25.6. The number of thiophene rings is 1. The molecular weight excluding hydrogens is 328 g/mol. The van der Waals surface area contributed by atoms with Crippen LogP contribution in [0, 0.1) is 0 Å². The van der Waals surface area contributed by atoms with Crippen LogP contribution in [-0.2, 0) is 4.79 Å². The lowest BCUT2D eigenvalue weighted by Gasteiger charge is -2.28. The first-order valence-electron chi connectivity index (χ1n) is 5.60. The minimum atomic E-state index is -0.179. The van der Waals surface area contributed by atoms with Crippen LogP contribution in [0.2, 0.25) is 0 Å². The van der Waals surface area contributed by atoms with Crippen molar-refractivity contribution in [3.05, 3.63) is 45.1 Å². The Morgan fingerprint density at radius 2 is 2.16 bits per heavy atom. The first kappa shape index (κ1) is 12.4. The van der Waals surface area contributed by atoms with Gasteiger partial charge in [-0.2, -0.15) is 0 Å². The summed E-state index contributed by atoms with van der Waals surface area (Å²) in [5, 5.41) is 4.54. The maximum atomic E-state index is 12.5. The summed E-state index contributed by atoms with van der Waals surface area (Å²) in [6, 6.07) is 9.06. The van der Waals surface area contributed by atoms with Gasteiger partial charge in [0.05, 0.1) is 20.7 Å². The number of hydrogen-bond donors (Lipinski definition) is 1. The minimum absolute atomic E-state index is 0.0450. The van der Waals surface area contributed by atoms with Gasteiger partial charge in [-0.15, -0.1) is 11.3 Å². The summed E-state index contributed by atoms with van der Waals surface area (Å²) in [6.07, 6.45) is 0. The van der Waals surface area contributed by atoms with Gasteiger partial charge in [0.2, 0.25) is 5.91 Å². The van der Waals surface area contributed by atoms with Crippen LogP contribution < -0.4 is 10.2 Å². The highest BCUT2D eigenvalue weighted by atomic mass is 79.9. The lowest BCUT2D eigenvalue weighted by Crippen LogP contribution is -2.42. The quantitative estimate of drug-likeness (QED) is 0.869. The zero-order chi connectivity index (χ0) is 13.4. The van der Waals surface area contributed by atoms with E-state index < -0.39 is 0 Å². The predicted octanol–water partition coefficient (Wildman–Crippen LogP) is 3.11. The van der Waals surface area contributed by atoms with E-state index in [1.165, 1.54) is 16.2 Å². The third-order valence-electron chi connectivity index (χ3n) is 2.83. The second kappa shape index (κ2) is 4.79. The van der Waals surface area contributed by atoms with Gasteiger partial charge in [0.1, 0.15) is 6.54 Å². The fourth-order valence-corrected chi connectivity index (χ4v) is 3.12. The smallest absolute Gasteiger partial charge is 0.259 e. The molecule has 0 atom stereocenters. The predicted molar refractivity (Wildman–Crippen MR) is 78.8 cm³/mol. The van der Waals surface area contributed by atoms with Crippen LogP contribution in [0.4, 0.5) is 11.4 Å². The summed E-state index contributed by atoms with van der Waals surface area (Å²) in [6.45, 7) is 0.0450. The van der Waals surface area contributed by atoms with E-state index in [0.717, 1.165) is 9.47 Å². The highest BCUT2D eigenvalue weighted by Gasteiger charge is 2.27. The van der Waals surface area contributed by atoms with E-state index in [4.69, 9.17) is 0 Å². The number of halogens is 1. The number of fused-ring (bicyclic) bond motifs is 1. The lowest BCUT2D eigenvalue weighted by atomic mass is 10.1. The molecule has 0 saturated carbocycles. The summed E-state index contributed by atoms with van der Waals surface area (Å²) in [7, 11) is 0. The number of rotatable bonds is 1. The van der Waals surface area contributed by atoms with Crippen molar-refractivity contribution in [2.45, 2.75) is 0 Å². The zero-order valence-electron chi connectivity index (χ0n) is 9.72. The van der Waals surface area contributed by atoms with E-state index in [2.05, 4.69) is 21.2 Å². The second-order valence-corrected chi connectivity index (χ2v) is 6.39. The van der Waals surface area contributed by atoms with E-state index >= 15 is 0 Å². The molecule has 1 aromatic carbocycles. The average Bonchev–Trinajstić information content (AvgIpc) is 2.83. The Bertz CT molecular complexity index is 668. The molecule has 1 aliphatic heterocycles. The Hall–Kier alpha value is -1.66. The van der Waals surface area contributed by atoms with Crippen molar-refractivity contribution < 1.29 is 9.59 Å². The first-order chi connectivity index (χ1) is 9.15. The fraction of sp³-hybridized carbons (Fsp3) is 0.0769. The van der Waals surface area contributed by atoms with Crippen molar-refractivity contribution in [3.8, 4) is 0 Å². The molecule has 0 saturated heterocycles. The van der Waals surface area contributed by atoms with Crippen LogP contribution in [0.3, 0.4) is 0 Å². The summed E-state index contributed by atoms with van der Waals surface area (Å²) in [5.41, 5.74) is 1.98. The van der Waals surface area contributed by atoms with E-state index in [9.17, 15) is 9.59 Å². The molecule has 2 amide bonds. The number of amides is 2. The van der Waals surface area contributed by atoms with Crippen molar-refractivity contribution in [1.82, 2.24) is 0 Å². The second-order valence-electron chi connectivity index (χ2n) is 4.10. The Balaban J connectivity index is 2.01. The summed E-state index contributed by atoms with van der Waals surface area (Å²) in [5.74, 6) is -0.342. The monoisotopic (exact) mass is 336 g/mol. The Labute approximate surface area is 122 Å². The molecular formula is C13H9BrN2O2S. The van der Waals surface area contributed by atoms with Crippen LogP contribution in [0.15, 0.2) is 39.5 Å². The molecule has 2 aromatic rings. The number of benzene rings is 1. The molecule has 1 aromatic heterocycles. The maximum Gasteiger partial charge on any atom is 0.259 e. The van der Waals surface area contributed by atoms with Crippen LogP contribution in [-0.4, -0.2) is 18.4 Å². The van der Waals surface area contributed by atoms with Crippen LogP contribution >= 0.6 is 27.3 Å². The van der Waals surface area contributed by atoms with Crippen LogP contribution in [0.5, 0.6) is 0 Å². The van der Waals surface area contributed by atoms with Gasteiger partial charge in [-0.1, -0.05) is 12.1 Å². The lowest BCUT2D eigenvalue weighted by molar-refractivity contribution is -0.115. The number of anilines is 2. The third kappa shape index (κ3) is 2.29. The highest BCUT2D eigenvalue weighted by Crippen LogP contribution is 2.31. The zero-order valence-corrected chi connectivity index (χ0v) is 12.1. The van der Waals surface area contributed by atoms with Gasteiger partial charge in [-0.3, -0.25) is 14.5 Å². The molecule has 1 N–H and O–H groups in total. The van der Waals surface area contributed by atoms with Crippen molar-refractivity contribution in [1.29, 1.82) is 0 Å². The molecule has 0 unspecified atom stereocenters. The number of carbonyl (C=O) groups is 2. The number of hydrogen-bond acceptors (Lipinski definition) is 3. The number of nitrogens with zero attached hydrogens (tertiary/aromatic N) is 1. The number of nitrogens with one attached hydrogen (secondary N) is 1. The Morgan fingerprint density at radius 3 is 2.89 bits per heavy atom. The van der Waals surface area contributed by atoms with E-state index in [-0.39, 0.29) is 18.4 Å². The van der Waals surface area contributed by atoms with Gasteiger partial charge in [0.25, 0.3) is 5.91 Å². The van der Waals surface area contributed by atoms with Gasteiger partial charge in [-0.25, -0.2) is 0 Å². The summed E-state index contributed by atoms with van der Waals surface area (Å²) < 4.78 is 0.894. The van der Waals surface area contributed by atoms with Crippen LogP contribution in [0.25, 0.3) is 0 Å². The SMILES string of the molecule is O=C1CN(C(=O)c2csc(Br)c2)c2ccccc2N1. The third-order valence-corrected chi connectivity index (χ3v) is 4.33. The molecule has 3 rings (SSSR count). The standard InChI is InChI=1S/C13H9BrN2O2S/c14-11-5-8(7-19-11)13(18)16-6-12(17)15-9-3-1-2-4-10(9)16/h1-5,7H,6H2,(H,15,17). The Morgan fingerprint density at radius 1 is 1.37 bits per heavy atom. The number of carbonyl (C=O) groups excluding carboxylic acids is 2. The molecule has 1 aliphatic rings.